The van der Waals surface area contributed by atoms with Crippen LogP contribution in [-0.4, -0.2) is 7.11 Å². The van der Waals surface area contributed by atoms with Gasteiger partial charge in [-0.25, -0.2) is 8.78 Å². The Kier molecular flexibility index (Phi) is 4.17. The second kappa shape index (κ2) is 5.67. The lowest BCUT2D eigenvalue weighted by atomic mass is 9.99. The molecule has 1 atom stereocenters. The van der Waals surface area contributed by atoms with Gasteiger partial charge in [-0.2, -0.15) is 0 Å². The molecule has 0 aromatic heterocycles. The van der Waals surface area contributed by atoms with Crippen molar-refractivity contribution < 1.29 is 13.5 Å². The molecule has 0 amide bonds. The van der Waals surface area contributed by atoms with E-state index in [1.54, 1.807) is 18.2 Å². The molecule has 2 aromatic rings. The van der Waals surface area contributed by atoms with Crippen LogP contribution in [0.5, 0.6) is 5.75 Å². The van der Waals surface area contributed by atoms with E-state index >= 15 is 0 Å². The third kappa shape index (κ3) is 2.77. The Morgan fingerprint density at radius 2 is 1.95 bits per heavy atom. The molecule has 19 heavy (non-hydrogen) atoms. The molecule has 0 spiro atoms. The number of hydrogen-bond acceptors (Lipinski definition) is 2. The summed E-state index contributed by atoms with van der Waals surface area (Å²) in [5.74, 6) is -0.755. The largest absolute Gasteiger partial charge is 0.494 e. The molecule has 1 unspecified atom stereocenters. The van der Waals surface area contributed by atoms with Crippen LogP contribution in [0.15, 0.2) is 40.9 Å². The molecule has 0 bridgehead atoms. The number of ether oxygens (including phenoxy) is 1. The fourth-order valence-electron chi connectivity index (χ4n) is 1.81. The molecule has 2 aromatic carbocycles. The molecule has 2 N–H and O–H groups in total. The molecule has 0 aliphatic heterocycles. The van der Waals surface area contributed by atoms with Crippen molar-refractivity contribution >= 4 is 15.9 Å². The lowest BCUT2D eigenvalue weighted by molar-refractivity contribution is 0.383. The molecule has 0 radical (unpaired) electrons. The van der Waals surface area contributed by atoms with Gasteiger partial charge in [0.2, 0.25) is 0 Å². The van der Waals surface area contributed by atoms with Gasteiger partial charge in [-0.1, -0.05) is 18.2 Å². The van der Waals surface area contributed by atoms with Crippen molar-refractivity contribution in [2.45, 2.75) is 6.04 Å². The van der Waals surface area contributed by atoms with Gasteiger partial charge in [-0.3, -0.25) is 0 Å². The van der Waals surface area contributed by atoms with Crippen molar-refractivity contribution in [2.75, 3.05) is 7.11 Å². The van der Waals surface area contributed by atoms with Gasteiger partial charge in [0, 0.05) is 5.56 Å². The standard InChI is InChI=1S/C14H12BrF2NO/c1-19-12-4-2-3-9(13(12)17)14(18)8-5-6-11(16)10(15)7-8/h2-7,14H,18H2,1H3. The predicted octanol–water partition coefficient (Wildman–Crippen LogP) is 3.78. The van der Waals surface area contributed by atoms with Crippen LogP contribution in [0.1, 0.15) is 17.2 Å². The van der Waals surface area contributed by atoms with Crippen LogP contribution in [-0.2, 0) is 0 Å². The van der Waals surface area contributed by atoms with Gasteiger partial charge < -0.3 is 10.5 Å². The normalized spacial score (nSPS) is 12.3. The Bertz CT molecular complexity index is 604. The first-order valence-corrected chi connectivity index (χ1v) is 6.37. The van der Waals surface area contributed by atoms with Crippen LogP contribution in [0.25, 0.3) is 0 Å². The van der Waals surface area contributed by atoms with Gasteiger partial charge in [0.25, 0.3) is 0 Å². The molecule has 0 heterocycles. The fraction of sp³-hybridized carbons (Fsp3) is 0.143. The monoisotopic (exact) mass is 327 g/mol. The minimum Gasteiger partial charge on any atom is -0.494 e. The lowest BCUT2D eigenvalue weighted by Gasteiger charge is -2.15. The summed E-state index contributed by atoms with van der Waals surface area (Å²) in [6.07, 6.45) is 0. The molecule has 0 aliphatic rings. The molecular formula is C14H12BrF2NO. The van der Waals surface area contributed by atoms with E-state index in [4.69, 9.17) is 10.5 Å². The topological polar surface area (TPSA) is 35.2 Å². The number of rotatable bonds is 3. The number of halogens is 3. The third-order valence-corrected chi connectivity index (χ3v) is 3.46. The van der Waals surface area contributed by atoms with Gasteiger partial charge in [0.15, 0.2) is 11.6 Å². The predicted molar refractivity (Wildman–Crippen MR) is 73.1 cm³/mol. The second-order valence-electron chi connectivity index (χ2n) is 4.01. The van der Waals surface area contributed by atoms with Crippen molar-refractivity contribution in [3.8, 4) is 5.75 Å². The molecule has 5 heteroatoms. The summed E-state index contributed by atoms with van der Waals surface area (Å²) in [5.41, 5.74) is 6.94. The molecular weight excluding hydrogens is 316 g/mol. The molecule has 0 aliphatic carbocycles. The van der Waals surface area contributed by atoms with Gasteiger partial charge in [-0.15, -0.1) is 0 Å². The molecule has 2 nitrogen and oxygen atoms in total. The summed E-state index contributed by atoms with van der Waals surface area (Å²) < 4.78 is 32.5. The highest BCUT2D eigenvalue weighted by Crippen LogP contribution is 2.29. The minimum absolute atomic E-state index is 0.133. The van der Waals surface area contributed by atoms with Gasteiger partial charge >= 0.3 is 0 Å². The lowest BCUT2D eigenvalue weighted by Crippen LogP contribution is -2.14. The highest BCUT2D eigenvalue weighted by Gasteiger charge is 2.17. The average Bonchev–Trinajstić information content (AvgIpc) is 2.41. The smallest absolute Gasteiger partial charge is 0.170 e. The summed E-state index contributed by atoms with van der Waals surface area (Å²) in [6.45, 7) is 0. The van der Waals surface area contributed by atoms with Crippen LogP contribution < -0.4 is 10.5 Å². The maximum atomic E-state index is 14.1. The summed E-state index contributed by atoms with van der Waals surface area (Å²) in [7, 11) is 1.39. The van der Waals surface area contributed by atoms with Crippen LogP contribution in [0.3, 0.4) is 0 Å². The number of benzene rings is 2. The van der Waals surface area contributed by atoms with Gasteiger partial charge in [0.05, 0.1) is 17.6 Å². The number of hydrogen-bond donors (Lipinski definition) is 1. The summed E-state index contributed by atoms with van der Waals surface area (Å²) >= 11 is 3.08. The van der Waals surface area contributed by atoms with E-state index in [1.807, 2.05) is 0 Å². The van der Waals surface area contributed by atoms with Crippen molar-refractivity contribution in [1.29, 1.82) is 0 Å². The van der Waals surface area contributed by atoms with E-state index < -0.39 is 11.9 Å². The Balaban J connectivity index is 2.43. The first kappa shape index (κ1) is 14.0. The summed E-state index contributed by atoms with van der Waals surface area (Å²) in [6, 6.07) is 8.44. The first-order chi connectivity index (χ1) is 9.04. The highest BCUT2D eigenvalue weighted by atomic mass is 79.9. The van der Waals surface area contributed by atoms with E-state index in [2.05, 4.69) is 15.9 Å². The van der Waals surface area contributed by atoms with Crippen molar-refractivity contribution in [1.82, 2.24) is 0 Å². The van der Waals surface area contributed by atoms with E-state index in [1.165, 1.54) is 25.3 Å². The maximum Gasteiger partial charge on any atom is 0.170 e. The SMILES string of the molecule is COc1cccc(C(N)c2ccc(F)c(Br)c2)c1F. The fourth-order valence-corrected chi connectivity index (χ4v) is 2.21. The van der Waals surface area contributed by atoms with Crippen molar-refractivity contribution in [3.05, 3.63) is 63.6 Å². The van der Waals surface area contributed by atoms with Crippen LogP contribution >= 0.6 is 15.9 Å². The average molecular weight is 328 g/mol. The Morgan fingerprint density at radius 3 is 2.58 bits per heavy atom. The van der Waals surface area contributed by atoms with Crippen LogP contribution in [0.4, 0.5) is 8.78 Å². The first-order valence-electron chi connectivity index (χ1n) is 5.57. The molecule has 0 saturated carbocycles. The van der Waals surface area contributed by atoms with E-state index in [0.717, 1.165) is 0 Å². The van der Waals surface area contributed by atoms with Crippen molar-refractivity contribution in [3.63, 3.8) is 0 Å². The second-order valence-corrected chi connectivity index (χ2v) is 4.87. The zero-order valence-corrected chi connectivity index (χ0v) is 11.7. The highest BCUT2D eigenvalue weighted by molar-refractivity contribution is 9.10. The maximum absolute atomic E-state index is 14.1. The summed E-state index contributed by atoms with van der Waals surface area (Å²) in [5, 5.41) is 0. The molecule has 2 rings (SSSR count). The van der Waals surface area contributed by atoms with E-state index in [9.17, 15) is 8.78 Å². The zero-order valence-electron chi connectivity index (χ0n) is 10.2. The molecule has 0 saturated heterocycles. The number of methoxy groups -OCH3 is 1. The van der Waals surface area contributed by atoms with E-state index in [-0.39, 0.29) is 11.6 Å². The molecule has 0 fully saturated rings. The quantitative estimate of drug-likeness (QED) is 0.931. The Hall–Kier alpha value is -1.46. The zero-order chi connectivity index (χ0) is 14.0. The van der Waals surface area contributed by atoms with Crippen LogP contribution in [0, 0.1) is 11.6 Å². The minimum atomic E-state index is -0.688. The van der Waals surface area contributed by atoms with Gasteiger partial charge in [-0.05, 0) is 39.7 Å². The van der Waals surface area contributed by atoms with Crippen molar-refractivity contribution in [2.24, 2.45) is 5.73 Å². The Labute approximate surface area is 118 Å². The number of nitrogens with two attached hydrogens (primary N) is 1. The van der Waals surface area contributed by atoms with E-state index in [0.29, 0.717) is 15.6 Å². The van der Waals surface area contributed by atoms with Gasteiger partial charge in [0.1, 0.15) is 5.82 Å². The molecule has 100 valence electrons. The summed E-state index contributed by atoms with van der Waals surface area (Å²) in [4.78, 5) is 0. The van der Waals surface area contributed by atoms with Crippen LogP contribution in [0.2, 0.25) is 0 Å². The Morgan fingerprint density at radius 1 is 1.21 bits per heavy atom. The third-order valence-electron chi connectivity index (χ3n) is 2.85.